The van der Waals surface area contributed by atoms with Crippen LogP contribution in [0.4, 0.5) is 5.82 Å². The summed E-state index contributed by atoms with van der Waals surface area (Å²) in [6.07, 6.45) is 3.11. The molecule has 0 radical (unpaired) electrons. The molecule has 82 valence electrons. The van der Waals surface area contributed by atoms with Crippen LogP contribution in [0, 0.1) is 10.1 Å². The van der Waals surface area contributed by atoms with Gasteiger partial charge in [0.05, 0.1) is 23.1 Å². The lowest BCUT2D eigenvalue weighted by molar-refractivity contribution is -0.389. The molecule has 2 rings (SSSR count). The van der Waals surface area contributed by atoms with Crippen LogP contribution in [0.2, 0.25) is 5.02 Å². The lowest BCUT2D eigenvalue weighted by Crippen LogP contribution is -2.02. The Morgan fingerprint density at radius 1 is 1.50 bits per heavy atom. The van der Waals surface area contributed by atoms with E-state index in [1.807, 2.05) is 0 Å². The average molecular weight is 239 g/mol. The van der Waals surface area contributed by atoms with E-state index in [9.17, 15) is 10.1 Å². The van der Waals surface area contributed by atoms with Gasteiger partial charge in [0.25, 0.3) is 0 Å². The van der Waals surface area contributed by atoms with Gasteiger partial charge in [-0.1, -0.05) is 11.6 Å². The van der Waals surface area contributed by atoms with Gasteiger partial charge in [0.2, 0.25) is 0 Å². The summed E-state index contributed by atoms with van der Waals surface area (Å²) >= 11 is 5.79. The van der Waals surface area contributed by atoms with Crippen molar-refractivity contribution in [3.8, 4) is 0 Å². The summed E-state index contributed by atoms with van der Waals surface area (Å²) in [7, 11) is 0. The third-order valence-electron chi connectivity index (χ3n) is 1.92. The Kier molecular flexibility index (Phi) is 2.82. The Bertz CT molecular complexity index is 526. The third kappa shape index (κ3) is 2.34. The minimum Gasteiger partial charge on any atom is -0.358 e. The number of halogens is 1. The first kappa shape index (κ1) is 10.6. The van der Waals surface area contributed by atoms with Crippen molar-refractivity contribution in [3.05, 3.63) is 51.4 Å². The van der Waals surface area contributed by atoms with E-state index in [0.29, 0.717) is 17.3 Å². The Morgan fingerprint density at radius 2 is 2.31 bits per heavy atom. The van der Waals surface area contributed by atoms with Gasteiger partial charge in [0.15, 0.2) is 0 Å². The fourth-order valence-corrected chi connectivity index (χ4v) is 1.42. The Labute approximate surface area is 95.6 Å². The van der Waals surface area contributed by atoms with E-state index in [-0.39, 0.29) is 5.82 Å². The van der Waals surface area contributed by atoms with Crippen LogP contribution in [0.5, 0.6) is 0 Å². The van der Waals surface area contributed by atoms with Gasteiger partial charge in [-0.25, -0.2) is 0 Å². The zero-order valence-corrected chi connectivity index (χ0v) is 8.83. The summed E-state index contributed by atoms with van der Waals surface area (Å²) in [6.45, 7) is 0.356. The smallest absolute Gasteiger partial charge is 0.358 e. The zero-order chi connectivity index (χ0) is 11.5. The summed E-state index contributed by atoms with van der Waals surface area (Å²) < 4.78 is 1.44. The van der Waals surface area contributed by atoms with E-state index in [1.165, 1.54) is 16.9 Å². The lowest BCUT2D eigenvalue weighted by atomic mass is 10.3. The molecule has 6 nitrogen and oxygen atoms in total. The molecule has 0 fully saturated rings. The first-order chi connectivity index (χ1) is 7.65. The van der Waals surface area contributed by atoms with Crippen LogP contribution in [0.1, 0.15) is 5.69 Å². The first-order valence-electron chi connectivity index (χ1n) is 4.43. The van der Waals surface area contributed by atoms with Crippen molar-refractivity contribution in [1.29, 1.82) is 0 Å². The van der Waals surface area contributed by atoms with Gasteiger partial charge in [-0.15, -0.1) is 0 Å². The van der Waals surface area contributed by atoms with Gasteiger partial charge in [0.1, 0.15) is 6.54 Å². The molecule has 0 amide bonds. The number of nitrogens with zero attached hydrogens (tertiary/aromatic N) is 4. The second-order valence-electron chi connectivity index (χ2n) is 3.09. The van der Waals surface area contributed by atoms with Crippen LogP contribution >= 0.6 is 11.6 Å². The third-order valence-corrected chi connectivity index (χ3v) is 2.15. The highest BCUT2D eigenvalue weighted by atomic mass is 35.5. The molecule has 0 atom stereocenters. The number of pyridine rings is 1. The molecular weight excluding hydrogens is 232 g/mol. The maximum Gasteiger partial charge on any atom is 0.389 e. The highest BCUT2D eigenvalue weighted by Crippen LogP contribution is 2.10. The molecule has 7 heteroatoms. The molecule has 0 spiro atoms. The topological polar surface area (TPSA) is 73.8 Å². The molecule has 0 aromatic carbocycles. The van der Waals surface area contributed by atoms with Crippen LogP contribution in [0.25, 0.3) is 0 Å². The second kappa shape index (κ2) is 4.28. The molecule has 0 N–H and O–H groups in total. The monoisotopic (exact) mass is 238 g/mol. The van der Waals surface area contributed by atoms with E-state index >= 15 is 0 Å². The summed E-state index contributed by atoms with van der Waals surface area (Å²) in [5.74, 6) is -0.179. The van der Waals surface area contributed by atoms with Crippen molar-refractivity contribution in [2.75, 3.05) is 0 Å². The molecule has 16 heavy (non-hydrogen) atoms. The fraction of sp³-hybridized carbons (Fsp3) is 0.111. The second-order valence-corrected chi connectivity index (χ2v) is 3.53. The van der Waals surface area contributed by atoms with Crippen molar-refractivity contribution >= 4 is 17.4 Å². The normalized spacial score (nSPS) is 10.3. The van der Waals surface area contributed by atoms with Crippen molar-refractivity contribution in [2.24, 2.45) is 0 Å². The molecule has 0 saturated carbocycles. The quantitative estimate of drug-likeness (QED) is 0.605. The summed E-state index contributed by atoms with van der Waals surface area (Å²) in [5, 5.41) is 14.8. The maximum atomic E-state index is 10.4. The van der Waals surface area contributed by atoms with Crippen LogP contribution in [0.3, 0.4) is 0 Å². The molecule has 0 saturated heterocycles. The molecule has 2 aromatic rings. The van der Waals surface area contributed by atoms with Crippen molar-refractivity contribution < 1.29 is 4.92 Å². The van der Waals surface area contributed by atoms with Gasteiger partial charge < -0.3 is 10.1 Å². The van der Waals surface area contributed by atoms with Crippen LogP contribution < -0.4 is 0 Å². The molecule has 0 aliphatic rings. The molecule has 2 aromatic heterocycles. The average Bonchev–Trinajstić information content (AvgIpc) is 2.66. The fourth-order valence-electron chi connectivity index (χ4n) is 1.24. The molecule has 0 bridgehead atoms. The molecular formula is C9H7ClN4O2. The summed E-state index contributed by atoms with van der Waals surface area (Å²) in [4.78, 5) is 13.9. The van der Waals surface area contributed by atoms with E-state index < -0.39 is 4.92 Å². The molecule has 0 aliphatic carbocycles. The number of aromatic nitrogens is 3. The van der Waals surface area contributed by atoms with Crippen LogP contribution in [0.15, 0.2) is 30.6 Å². The van der Waals surface area contributed by atoms with Crippen molar-refractivity contribution in [1.82, 2.24) is 14.8 Å². The Hall–Kier alpha value is -1.95. The van der Waals surface area contributed by atoms with Crippen LogP contribution in [-0.2, 0) is 6.54 Å². The standard InChI is InChI=1S/C9H7ClN4O2/c10-7-1-3-11-8(5-7)6-13-4-2-9(12-13)14(15)16/h1-5H,6H2. The van der Waals surface area contributed by atoms with Gasteiger partial charge in [-0.05, 0) is 17.1 Å². The SMILES string of the molecule is O=[N+]([O-])c1ccn(Cc2cc(Cl)ccn2)n1. The first-order valence-corrected chi connectivity index (χ1v) is 4.81. The number of nitro groups is 1. The van der Waals surface area contributed by atoms with Crippen molar-refractivity contribution in [3.63, 3.8) is 0 Å². The summed E-state index contributed by atoms with van der Waals surface area (Å²) in [5.41, 5.74) is 0.700. The predicted octanol–water partition coefficient (Wildman–Crippen LogP) is 1.89. The molecule has 0 aliphatic heterocycles. The maximum absolute atomic E-state index is 10.4. The number of hydrogen-bond donors (Lipinski definition) is 0. The highest BCUT2D eigenvalue weighted by molar-refractivity contribution is 6.30. The van der Waals surface area contributed by atoms with Gasteiger partial charge in [-0.3, -0.25) is 4.98 Å². The van der Waals surface area contributed by atoms with Gasteiger partial charge in [-0.2, -0.15) is 4.68 Å². The van der Waals surface area contributed by atoms with Crippen LogP contribution in [-0.4, -0.2) is 19.7 Å². The summed E-state index contributed by atoms with van der Waals surface area (Å²) in [6, 6.07) is 4.69. The Morgan fingerprint density at radius 3 is 2.94 bits per heavy atom. The highest BCUT2D eigenvalue weighted by Gasteiger charge is 2.11. The minimum absolute atomic E-state index is 0.179. The predicted molar refractivity (Wildman–Crippen MR) is 57.2 cm³/mol. The van der Waals surface area contributed by atoms with Crippen molar-refractivity contribution in [2.45, 2.75) is 6.54 Å². The van der Waals surface area contributed by atoms with E-state index in [0.717, 1.165) is 0 Å². The zero-order valence-electron chi connectivity index (χ0n) is 8.08. The van der Waals surface area contributed by atoms with E-state index in [2.05, 4.69) is 10.1 Å². The number of rotatable bonds is 3. The van der Waals surface area contributed by atoms with E-state index in [4.69, 9.17) is 11.6 Å². The molecule has 2 heterocycles. The minimum atomic E-state index is -0.540. The Balaban J connectivity index is 2.17. The largest absolute Gasteiger partial charge is 0.389 e. The lowest BCUT2D eigenvalue weighted by Gasteiger charge is -1.97. The molecule has 0 unspecified atom stereocenters. The van der Waals surface area contributed by atoms with Gasteiger partial charge >= 0.3 is 5.82 Å². The van der Waals surface area contributed by atoms with Gasteiger partial charge in [0, 0.05) is 11.2 Å². The number of hydrogen-bond acceptors (Lipinski definition) is 4. The van der Waals surface area contributed by atoms with E-state index in [1.54, 1.807) is 18.3 Å².